The molecule has 1 atom stereocenters. The second kappa shape index (κ2) is 7.85. The molecule has 2 rings (SSSR count). The van der Waals surface area contributed by atoms with Gasteiger partial charge in [0, 0.05) is 18.6 Å². The van der Waals surface area contributed by atoms with E-state index in [9.17, 15) is 38.0 Å². The third-order valence-electron chi connectivity index (χ3n) is 3.67. The Hall–Kier alpha value is -3.43. The topological polar surface area (TPSA) is 110 Å². The van der Waals surface area contributed by atoms with Crippen molar-refractivity contribution < 1.29 is 32.8 Å². The number of carbonyl (C=O) groups excluding carboxylic acids is 1. The Morgan fingerprint density at radius 1 is 1.11 bits per heavy atom. The lowest BCUT2D eigenvalue weighted by Gasteiger charge is -2.17. The minimum atomic E-state index is -4.77. The summed E-state index contributed by atoms with van der Waals surface area (Å²) in [7, 11) is 0. The number of hydrogen-bond donors (Lipinski definition) is 2. The van der Waals surface area contributed by atoms with E-state index in [4.69, 9.17) is 0 Å². The number of carboxylic acid groups (broad SMARTS) is 1. The molecule has 0 radical (unpaired) electrons. The molecule has 0 heterocycles. The van der Waals surface area contributed by atoms with Crippen molar-refractivity contribution in [3.8, 4) is 0 Å². The van der Waals surface area contributed by atoms with Gasteiger partial charge in [0.05, 0.1) is 16.1 Å². The van der Waals surface area contributed by atoms with Crippen molar-refractivity contribution in [2.24, 2.45) is 0 Å². The number of hydrogen-bond acceptors (Lipinski definition) is 4. The maximum absolute atomic E-state index is 13.0. The smallest absolute Gasteiger partial charge is 0.417 e. The van der Waals surface area contributed by atoms with Crippen molar-refractivity contribution in [2.75, 3.05) is 0 Å². The normalized spacial score (nSPS) is 12.3. The molecule has 0 aromatic heterocycles. The van der Waals surface area contributed by atoms with E-state index in [0.717, 1.165) is 30.3 Å². The summed E-state index contributed by atoms with van der Waals surface area (Å²) in [4.78, 5) is 33.6. The Kier molecular flexibility index (Phi) is 5.78. The summed E-state index contributed by atoms with van der Waals surface area (Å²) in [5.41, 5.74) is -1.71. The predicted octanol–water partition coefficient (Wildman–Crippen LogP) is 3.04. The maximum Gasteiger partial charge on any atom is 0.417 e. The SMILES string of the molecule is O=C(N[C@@H](Cc1ccc([N+](=O)[O-])cc1)C(=O)O)c1ccccc1C(F)(F)F. The first-order chi connectivity index (χ1) is 12.6. The van der Waals surface area contributed by atoms with Gasteiger partial charge >= 0.3 is 12.1 Å². The molecular formula is C17H13F3N2O5. The molecular weight excluding hydrogens is 369 g/mol. The van der Waals surface area contributed by atoms with E-state index in [0.29, 0.717) is 5.56 Å². The molecule has 0 fully saturated rings. The summed E-state index contributed by atoms with van der Waals surface area (Å²) in [6.07, 6.45) is -5.03. The number of amides is 1. The van der Waals surface area contributed by atoms with Gasteiger partial charge in [-0.1, -0.05) is 24.3 Å². The molecule has 2 aromatic carbocycles. The zero-order valence-corrected chi connectivity index (χ0v) is 13.6. The van der Waals surface area contributed by atoms with Gasteiger partial charge in [0.1, 0.15) is 6.04 Å². The van der Waals surface area contributed by atoms with E-state index in [1.54, 1.807) is 0 Å². The molecule has 7 nitrogen and oxygen atoms in total. The number of carboxylic acids is 1. The van der Waals surface area contributed by atoms with Crippen molar-refractivity contribution in [1.82, 2.24) is 5.32 Å². The third-order valence-corrected chi connectivity index (χ3v) is 3.67. The van der Waals surface area contributed by atoms with Gasteiger partial charge in [0.25, 0.3) is 11.6 Å². The predicted molar refractivity (Wildman–Crippen MR) is 87.1 cm³/mol. The summed E-state index contributed by atoms with van der Waals surface area (Å²) in [6, 6.07) is 7.45. The molecule has 27 heavy (non-hydrogen) atoms. The molecule has 0 saturated carbocycles. The average molecular weight is 382 g/mol. The van der Waals surface area contributed by atoms with Gasteiger partial charge < -0.3 is 10.4 Å². The minimum Gasteiger partial charge on any atom is -0.480 e. The summed E-state index contributed by atoms with van der Waals surface area (Å²) in [6.45, 7) is 0. The number of nitrogens with one attached hydrogen (secondary N) is 1. The zero-order chi connectivity index (χ0) is 20.2. The van der Waals surface area contributed by atoms with Crippen LogP contribution in [0.2, 0.25) is 0 Å². The van der Waals surface area contributed by atoms with Crippen LogP contribution < -0.4 is 5.32 Å². The summed E-state index contributed by atoms with van der Waals surface area (Å²) < 4.78 is 39.0. The van der Waals surface area contributed by atoms with E-state index in [1.807, 2.05) is 0 Å². The lowest BCUT2D eigenvalue weighted by molar-refractivity contribution is -0.384. The monoisotopic (exact) mass is 382 g/mol. The maximum atomic E-state index is 13.0. The number of nitro benzene ring substituents is 1. The Morgan fingerprint density at radius 2 is 1.70 bits per heavy atom. The highest BCUT2D eigenvalue weighted by molar-refractivity contribution is 5.98. The Labute approximate surface area is 150 Å². The molecule has 142 valence electrons. The number of nitro groups is 1. The third kappa shape index (κ3) is 5.03. The largest absolute Gasteiger partial charge is 0.480 e. The summed E-state index contributed by atoms with van der Waals surface area (Å²) >= 11 is 0. The molecule has 0 aliphatic carbocycles. The molecule has 0 aliphatic rings. The minimum absolute atomic E-state index is 0.200. The van der Waals surface area contributed by atoms with E-state index in [1.165, 1.54) is 18.2 Å². The lowest BCUT2D eigenvalue weighted by Crippen LogP contribution is -2.42. The molecule has 1 amide bonds. The summed E-state index contributed by atoms with van der Waals surface area (Å²) in [5.74, 6) is -2.64. The van der Waals surface area contributed by atoms with Crippen LogP contribution in [0, 0.1) is 10.1 Å². The van der Waals surface area contributed by atoms with Crippen molar-refractivity contribution in [2.45, 2.75) is 18.6 Å². The Balaban J connectivity index is 2.20. The van der Waals surface area contributed by atoms with Crippen LogP contribution in [0.25, 0.3) is 0 Å². The first-order valence-corrected chi connectivity index (χ1v) is 7.53. The number of benzene rings is 2. The van der Waals surface area contributed by atoms with E-state index in [2.05, 4.69) is 5.32 Å². The fourth-order valence-electron chi connectivity index (χ4n) is 2.35. The van der Waals surface area contributed by atoms with Crippen LogP contribution in [-0.2, 0) is 17.4 Å². The van der Waals surface area contributed by atoms with Gasteiger partial charge in [0.2, 0.25) is 0 Å². The van der Waals surface area contributed by atoms with Crippen molar-refractivity contribution in [3.63, 3.8) is 0 Å². The first-order valence-electron chi connectivity index (χ1n) is 7.53. The zero-order valence-electron chi connectivity index (χ0n) is 13.6. The molecule has 0 saturated heterocycles. The number of carbonyl (C=O) groups is 2. The van der Waals surface area contributed by atoms with Crippen LogP contribution in [0.1, 0.15) is 21.5 Å². The first kappa shape index (κ1) is 19.9. The number of nitrogens with zero attached hydrogens (tertiary/aromatic N) is 1. The highest BCUT2D eigenvalue weighted by atomic mass is 19.4. The van der Waals surface area contributed by atoms with E-state index in [-0.39, 0.29) is 12.1 Å². The van der Waals surface area contributed by atoms with Crippen LogP contribution in [0.5, 0.6) is 0 Å². The standard InChI is InChI=1S/C17H13F3N2O5/c18-17(19,20)13-4-2-1-3-12(13)15(23)21-14(16(24)25)9-10-5-7-11(8-6-10)22(26)27/h1-8,14H,9H2,(H,21,23)(H,24,25)/t14-/m0/s1. The number of aliphatic carboxylic acids is 1. The van der Waals surface area contributed by atoms with Gasteiger partial charge in [0.15, 0.2) is 0 Å². The molecule has 2 aromatic rings. The number of halogens is 3. The van der Waals surface area contributed by atoms with Crippen LogP contribution >= 0.6 is 0 Å². The van der Waals surface area contributed by atoms with Crippen molar-refractivity contribution in [1.29, 1.82) is 0 Å². The molecule has 0 aliphatic heterocycles. The average Bonchev–Trinajstić information content (AvgIpc) is 2.60. The fourth-order valence-corrected chi connectivity index (χ4v) is 2.35. The van der Waals surface area contributed by atoms with Crippen LogP contribution in [0.15, 0.2) is 48.5 Å². The van der Waals surface area contributed by atoms with Gasteiger partial charge in [-0.2, -0.15) is 13.2 Å². The fraction of sp³-hybridized carbons (Fsp3) is 0.176. The lowest BCUT2D eigenvalue weighted by atomic mass is 10.0. The van der Waals surface area contributed by atoms with Gasteiger partial charge in [-0.3, -0.25) is 14.9 Å². The van der Waals surface area contributed by atoms with Gasteiger partial charge in [-0.05, 0) is 17.7 Å². The van der Waals surface area contributed by atoms with Crippen molar-refractivity contribution >= 4 is 17.6 Å². The number of non-ortho nitro benzene ring substituents is 1. The number of alkyl halides is 3. The van der Waals surface area contributed by atoms with Gasteiger partial charge in [-0.15, -0.1) is 0 Å². The molecule has 10 heteroatoms. The highest BCUT2D eigenvalue weighted by Crippen LogP contribution is 2.31. The van der Waals surface area contributed by atoms with Gasteiger partial charge in [-0.25, -0.2) is 4.79 Å². The molecule has 2 N–H and O–H groups in total. The second-order valence-electron chi connectivity index (χ2n) is 5.54. The van der Waals surface area contributed by atoms with Crippen LogP contribution in [0.3, 0.4) is 0 Å². The second-order valence-corrected chi connectivity index (χ2v) is 5.54. The van der Waals surface area contributed by atoms with Crippen LogP contribution in [0.4, 0.5) is 18.9 Å². The Bertz CT molecular complexity index is 866. The van der Waals surface area contributed by atoms with Crippen LogP contribution in [-0.4, -0.2) is 27.9 Å². The molecule has 0 unspecified atom stereocenters. The van der Waals surface area contributed by atoms with E-state index >= 15 is 0 Å². The quantitative estimate of drug-likeness (QED) is 0.590. The Morgan fingerprint density at radius 3 is 2.22 bits per heavy atom. The molecule has 0 bridgehead atoms. The highest BCUT2D eigenvalue weighted by Gasteiger charge is 2.35. The molecule has 0 spiro atoms. The van der Waals surface area contributed by atoms with E-state index < -0.39 is 40.1 Å². The number of rotatable bonds is 6. The summed E-state index contributed by atoms with van der Waals surface area (Å²) in [5, 5.41) is 21.9. The van der Waals surface area contributed by atoms with Crippen molar-refractivity contribution in [3.05, 3.63) is 75.3 Å².